The van der Waals surface area contributed by atoms with Gasteiger partial charge in [0.05, 0.1) is 17.6 Å². The molecule has 1 amide bonds. The summed E-state index contributed by atoms with van der Waals surface area (Å²) in [6.45, 7) is 7.31. The van der Waals surface area contributed by atoms with Crippen molar-refractivity contribution in [1.29, 1.82) is 0 Å². The minimum Gasteiger partial charge on any atom is -0.444 e. The number of rotatable bonds is 5. The molecule has 1 saturated heterocycles. The molecule has 1 atom stereocenters. The van der Waals surface area contributed by atoms with Crippen LogP contribution in [0.25, 0.3) is 0 Å². The fourth-order valence-corrected chi connectivity index (χ4v) is 4.07. The molecule has 0 bridgehead atoms. The van der Waals surface area contributed by atoms with E-state index in [0.717, 1.165) is 0 Å². The Hall–Kier alpha value is -1.97. The molecule has 1 N–H and O–H groups in total. The highest BCUT2D eigenvalue weighted by molar-refractivity contribution is 7.89. The van der Waals surface area contributed by atoms with Gasteiger partial charge in [0, 0.05) is 25.2 Å². The molecule has 1 fully saturated rings. The first kappa shape index (κ1) is 21.3. The van der Waals surface area contributed by atoms with E-state index in [4.69, 9.17) is 9.47 Å². The van der Waals surface area contributed by atoms with E-state index in [1.807, 2.05) is 0 Å². The van der Waals surface area contributed by atoms with Crippen LogP contribution in [0.2, 0.25) is 0 Å². The summed E-state index contributed by atoms with van der Waals surface area (Å²) < 4.78 is 37.8. The quantitative estimate of drug-likeness (QED) is 0.759. The monoisotopic (exact) mass is 398 g/mol. The van der Waals surface area contributed by atoms with Crippen LogP contribution in [0.15, 0.2) is 29.2 Å². The third-order valence-electron chi connectivity index (χ3n) is 3.85. The predicted molar refractivity (Wildman–Crippen MR) is 99.2 cm³/mol. The molecule has 0 saturated carbocycles. The number of carbonyl (C=O) groups is 2. The molecule has 8 nitrogen and oxygen atoms in total. The van der Waals surface area contributed by atoms with Gasteiger partial charge in [-0.3, -0.25) is 4.79 Å². The van der Waals surface area contributed by atoms with Crippen LogP contribution in [0.1, 0.15) is 38.1 Å². The minimum absolute atomic E-state index is 0.0657. The lowest BCUT2D eigenvalue weighted by Crippen LogP contribution is -2.49. The Labute approximate surface area is 159 Å². The summed E-state index contributed by atoms with van der Waals surface area (Å²) >= 11 is 0. The van der Waals surface area contributed by atoms with Gasteiger partial charge in [0.1, 0.15) is 5.60 Å². The zero-order chi connectivity index (χ0) is 20.2. The van der Waals surface area contributed by atoms with E-state index < -0.39 is 27.8 Å². The third kappa shape index (κ3) is 6.02. The zero-order valence-corrected chi connectivity index (χ0v) is 16.8. The van der Waals surface area contributed by atoms with Crippen LogP contribution in [0.3, 0.4) is 0 Å². The predicted octanol–water partition coefficient (Wildman–Crippen LogP) is 1.80. The molecule has 1 aromatic rings. The summed E-state index contributed by atoms with van der Waals surface area (Å²) in [4.78, 5) is 23.3. The van der Waals surface area contributed by atoms with Crippen molar-refractivity contribution in [3.63, 3.8) is 0 Å². The Kier molecular flexibility index (Phi) is 6.61. The summed E-state index contributed by atoms with van der Waals surface area (Å²) in [6.07, 6.45) is -1.07. The van der Waals surface area contributed by atoms with E-state index in [1.165, 1.54) is 23.4 Å². The first-order chi connectivity index (χ1) is 12.5. The highest BCUT2D eigenvalue weighted by Crippen LogP contribution is 2.20. The topological polar surface area (TPSA) is 102 Å². The van der Waals surface area contributed by atoms with Crippen LogP contribution in [-0.2, 0) is 19.5 Å². The Bertz CT molecular complexity index is 800. The van der Waals surface area contributed by atoms with Crippen LogP contribution in [0.5, 0.6) is 0 Å². The first-order valence-corrected chi connectivity index (χ1v) is 10.1. The fraction of sp³-hybridized carbons (Fsp3) is 0.556. The minimum atomic E-state index is -3.76. The molecule has 9 heteroatoms. The highest BCUT2D eigenvalue weighted by atomic mass is 32.2. The molecule has 1 aliphatic heterocycles. The molecule has 1 unspecified atom stereocenters. The summed E-state index contributed by atoms with van der Waals surface area (Å²) in [5.41, 5.74) is -0.276. The molecule has 150 valence electrons. The van der Waals surface area contributed by atoms with Gasteiger partial charge in [0.2, 0.25) is 10.0 Å². The maximum absolute atomic E-state index is 12.9. The standard InChI is InChI=1S/C18H26N2O6S/c1-13(21)14-6-5-7-16(10-14)27(23,24)20-8-9-25-15(12-20)11-19-17(22)26-18(2,3)4/h5-7,10,15H,8-9,11-12H2,1-4H3,(H,19,22). The van der Waals surface area contributed by atoms with E-state index >= 15 is 0 Å². The number of hydrogen-bond donors (Lipinski definition) is 1. The number of hydrogen-bond acceptors (Lipinski definition) is 6. The van der Waals surface area contributed by atoms with Crippen molar-refractivity contribution in [3.8, 4) is 0 Å². The van der Waals surface area contributed by atoms with Gasteiger partial charge in [-0.15, -0.1) is 0 Å². The average molecular weight is 398 g/mol. The molecule has 0 aromatic heterocycles. The maximum atomic E-state index is 12.9. The first-order valence-electron chi connectivity index (χ1n) is 8.68. The third-order valence-corrected chi connectivity index (χ3v) is 5.71. The number of alkyl carbamates (subject to hydrolysis) is 1. The van der Waals surface area contributed by atoms with E-state index in [1.54, 1.807) is 32.9 Å². The number of benzene rings is 1. The van der Waals surface area contributed by atoms with Crippen LogP contribution in [-0.4, -0.2) is 62.5 Å². The number of Topliss-reactive ketones (excluding diaryl/α,β-unsaturated/α-hetero) is 1. The van der Waals surface area contributed by atoms with Gasteiger partial charge in [0.15, 0.2) is 5.78 Å². The Morgan fingerprint density at radius 3 is 2.67 bits per heavy atom. The molecule has 0 radical (unpaired) electrons. The van der Waals surface area contributed by atoms with Gasteiger partial charge in [-0.2, -0.15) is 4.31 Å². The van der Waals surface area contributed by atoms with Crippen molar-refractivity contribution in [1.82, 2.24) is 9.62 Å². The molecular weight excluding hydrogens is 372 g/mol. The van der Waals surface area contributed by atoms with Gasteiger partial charge in [-0.1, -0.05) is 12.1 Å². The molecule has 1 heterocycles. The highest BCUT2D eigenvalue weighted by Gasteiger charge is 2.31. The molecule has 0 spiro atoms. The fourth-order valence-electron chi connectivity index (χ4n) is 2.57. The van der Waals surface area contributed by atoms with E-state index in [2.05, 4.69) is 5.32 Å². The Balaban J connectivity index is 2.03. The SMILES string of the molecule is CC(=O)c1cccc(S(=O)(=O)N2CCOC(CNC(=O)OC(C)(C)C)C2)c1. The lowest BCUT2D eigenvalue weighted by Gasteiger charge is -2.32. The van der Waals surface area contributed by atoms with Crippen LogP contribution >= 0.6 is 0 Å². The van der Waals surface area contributed by atoms with Crippen LogP contribution in [0.4, 0.5) is 4.79 Å². The number of carbonyl (C=O) groups excluding carboxylic acids is 2. The summed E-state index contributed by atoms with van der Waals surface area (Å²) in [5, 5.41) is 2.59. The van der Waals surface area contributed by atoms with Crippen LogP contribution < -0.4 is 5.32 Å². The number of morpholine rings is 1. The summed E-state index contributed by atoms with van der Waals surface area (Å²) in [5.74, 6) is -0.200. The van der Waals surface area contributed by atoms with Crippen molar-refractivity contribution in [2.24, 2.45) is 0 Å². The number of sulfonamides is 1. The second-order valence-electron chi connectivity index (χ2n) is 7.32. The smallest absolute Gasteiger partial charge is 0.407 e. The lowest BCUT2D eigenvalue weighted by molar-refractivity contribution is -0.00357. The number of ether oxygens (including phenoxy) is 2. The van der Waals surface area contributed by atoms with Crippen molar-refractivity contribution in [3.05, 3.63) is 29.8 Å². The Morgan fingerprint density at radius 2 is 2.04 bits per heavy atom. The summed E-state index contributed by atoms with van der Waals surface area (Å²) in [6, 6.07) is 5.96. The molecule has 27 heavy (non-hydrogen) atoms. The van der Waals surface area contributed by atoms with Gasteiger partial charge < -0.3 is 14.8 Å². The number of amides is 1. The molecule has 1 aromatic carbocycles. The zero-order valence-electron chi connectivity index (χ0n) is 16.0. The van der Waals surface area contributed by atoms with Gasteiger partial charge in [-0.25, -0.2) is 13.2 Å². The van der Waals surface area contributed by atoms with Gasteiger partial charge in [-0.05, 0) is 39.8 Å². The van der Waals surface area contributed by atoms with E-state index in [9.17, 15) is 18.0 Å². The average Bonchev–Trinajstić information content (AvgIpc) is 2.59. The second-order valence-corrected chi connectivity index (χ2v) is 9.26. The number of nitrogens with one attached hydrogen (secondary N) is 1. The number of ketones is 1. The van der Waals surface area contributed by atoms with Crippen LogP contribution in [0, 0.1) is 0 Å². The second kappa shape index (κ2) is 8.37. The largest absolute Gasteiger partial charge is 0.444 e. The lowest BCUT2D eigenvalue weighted by atomic mass is 10.2. The Morgan fingerprint density at radius 1 is 1.33 bits per heavy atom. The van der Waals surface area contributed by atoms with Crippen molar-refractivity contribution >= 4 is 21.9 Å². The van der Waals surface area contributed by atoms with Gasteiger partial charge >= 0.3 is 6.09 Å². The van der Waals surface area contributed by atoms with E-state index in [-0.39, 0.29) is 36.9 Å². The van der Waals surface area contributed by atoms with Crippen molar-refractivity contribution < 1.29 is 27.5 Å². The maximum Gasteiger partial charge on any atom is 0.407 e. The number of nitrogens with zero attached hydrogens (tertiary/aromatic N) is 1. The van der Waals surface area contributed by atoms with Gasteiger partial charge in [0.25, 0.3) is 0 Å². The van der Waals surface area contributed by atoms with Crippen molar-refractivity contribution in [2.45, 2.75) is 44.3 Å². The van der Waals surface area contributed by atoms with E-state index in [0.29, 0.717) is 5.56 Å². The normalized spacial score (nSPS) is 18.7. The molecule has 2 rings (SSSR count). The molecule has 0 aliphatic carbocycles. The molecular formula is C18H26N2O6S. The molecule has 1 aliphatic rings. The summed E-state index contributed by atoms with van der Waals surface area (Å²) in [7, 11) is -3.76. The van der Waals surface area contributed by atoms with Crippen molar-refractivity contribution in [2.75, 3.05) is 26.2 Å².